The molecule has 45 heavy (non-hydrogen) atoms. The summed E-state index contributed by atoms with van der Waals surface area (Å²) in [5, 5.41) is 50.6. The maximum absolute atomic E-state index is 13.4. The van der Waals surface area contributed by atoms with Crippen molar-refractivity contribution in [3.05, 3.63) is 57.5 Å². The van der Waals surface area contributed by atoms with E-state index in [1.165, 1.54) is 18.5 Å². The number of aliphatic hydroxyl groups excluding tert-OH is 2. The SMILES string of the molecule is Cl.Cl.Nc1nc(=S)c2[nH]cnc2[nH]1.O=C1c2c(O)ccc(O)c2C(=O)c2c(NCCNCCO)ccc(NCCNCCO)c21. The van der Waals surface area contributed by atoms with E-state index >= 15 is 0 Å². The molecule has 0 amide bonds. The van der Waals surface area contributed by atoms with E-state index in [2.05, 4.69) is 41.2 Å². The largest absolute Gasteiger partial charge is 0.507 e. The quantitative estimate of drug-likeness (QED) is 0.0504. The van der Waals surface area contributed by atoms with Crippen LogP contribution in [0, 0.1) is 4.64 Å². The molecular formula is C27H35Cl2N9O6S. The van der Waals surface area contributed by atoms with E-state index in [0.29, 0.717) is 66.4 Å². The average Bonchev–Trinajstić information content (AvgIpc) is 3.46. The van der Waals surface area contributed by atoms with Crippen LogP contribution in [0.25, 0.3) is 11.2 Å². The molecule has 244 valence electrons. The molecule has 0 atom stereocenters. The number of aromatic hydroxyl groups is 2. The number of hydrogen-bond acceptors (Lipinski definition) is 14. The monoisotopic (exact) mass is 683 g/mol. The number of anilines is 3. The van der Waals surface area contributed by atoms with Crippen molar-refractivity contribution in [3.63, 3.8) is 0 Å². The van der Waals surface area contributed by atoms with Gasteiger partial charge in [0.1, 0.15) is 17.0 Å². The summed E-state index contributed by atoms with van der Waals surface area (Å²) in [7, 11) is 0. The molecule has 1 aliphatic carbocycles. The van der Waals surface area contributed by atoms with Gasteiger partial charge in [0.15, 0.2) is 10.3 Å². The second-order valence-corrected chi connectivity index (χ2v) is 9.66. The van der Waals surface area contributed by atoms with Crippen molar-refractivity contribution in [2.24, 2.45) is 0 Å². The third kappa shape index (κ3) is 8.58. The summed E-state index contributed by atoms with van der Waals surface area (Å²) in [4.78, 5) is 40.1. The lowest BCUT2D eigenvalue weighted by Gasteiger charge is -2.25. The number of phenols is 2. The molecular weight excluding hydrogens is 649 g/mol. The van der Waals surface area contributed by atoms with Gasteiger partial charge in [0, 0.05) is 50.6 Å². The Kier molecular flexibility index (Phi) is 14.4. The highest BCUT2D eigenvalue weighted by Crippen LogP contribution is 2.42. The van der Waals surface area contributed by atoms with E-state index in [1.807, 2.05) is 0 Å². The predicted octanol–water partition coefficient (Wildman–Crippen LogP) is 1.30. The highest BCUT2D eigenvalue weighted by atomic mass is 35.5. The van der Waals surface area contributed by atoms with Gasteiger partial charge in [-0.15, -0.1) is 24.8 Å². The number of ketones is 2. The van der Waals surface area contributed by atoms with Crippen LogP contribution in [0.1, 0.15) is 31.8 Å². The third-order valence-electron chi connectivity index (χ3n) is 6.41. The number of nitrogens with two attached hydrogens (primary N) is 1. The van der Waals surface area contributed by atoms with E-state index in [1.54, 1.807) is 12.1 Å². The van der Waals surface area contributed by atoms with Gasteiger partial charge in [-0.1, -0.05) is 12.2 Å². The van der Waals surface area contributed by atoms with Crippen molar-refractivity contribution in [1.82, 2.24) is 30.6 Å². The Morgan fingerprint density at radius 2 is 1.24 bits per heavy atom. The Balaban J connectivity index is 0.000000455. The molecule has 0 saturated carbocycles. The van der Waals surface area contributed by atoms with Gasteiger partial charge in [-0.05, 0) is 24.3 Å². The van der Waals surface area contributed by atoms with Gasteiger partial charge < -0.3 is 57.4 Å². The van der Waals surface area contributed by atoms with Crippen LogP contribution in [0.2, 0.25) is 0 Å². The zero-order valence-corrected chi connectivity index (χ0v) is 26.3. The van der Waals surface area contributed by atoms with Crippen LogP contribution in [0.5, 0.6) is 11.5 Å². The minimum Gasteiger partial charge on any atom is -0.507 e. The number of H-pyrrole nitrogens is 2. The number of fused-ring (bicyclic) bond motifs is 3. The number of nitrogens with one attached hydrogen (secondary N) is 6. The number of aromatic amines is 2. The number of aromatic nitrogens is 4. The molecule has 15 nitrogen and oxygen atoms in total. The molecule has 2 heterocycles. The maximum Gasteiger partial charge on any atom is 0.200 e. The summed E-state index contributed by atoms with van der Waals surface area (Å²) in [6.45, 7) is 2.81. The number of hydrogen-bond donors (Lipinski definition) is 11. The lowest BCUT2D eigenvalue weighted by molar-refractivity contribution is 0.0975. The van der Waals surface area contributed by atoms with Gasteiger partial charge in [-0.3, -0.25) is 9.59 Å². The molecule has 0 unspecified atom stereocenters. The molecule has 0 saturated heterocycles. The molecule has 0 radical (unpaired) electrons. The van der Waals surface area contributed by atoms with E-state index in [9.17, 15) is 19.8 Å². The number of aliphatic hydroxyl groups is 2. The first-order valence-corrected chi connectivity index (χ1v) is 13.8. The first-order valence-electron chi connectivity index (χ1n) is 13.4. The van der Waals surface area contributed by atoms with Crippen molar-refractivity contribution in [2.45, 2.75) is 0 Å². The number of phenolic OH excluding ortho intramolecular Hbond substituents is 2. The van der Waals surface area contributed by atoms with Gasteiger partial charge in [0.25, 0.3) is 0 Å². The van der Waals surface area contributed by atoms with Crippen LogP contribution < -0.4 is 27.0 Å². The molecule has 12 N–H and O–H groups in total. The van der Waals surface area contributed by atoms with Crippen LogP contribution in [0.3, 0.4) is 0 Å². The normalized spacial score (nSPS) is 11.4. The topological polar surface area (TPSA) is 247 Å². The van der Waals surface area contributed by atoms with Crippen LogP contribution in [-0.2, 0) is 0 Å². The Hall–Kier alpha value is -4.03. The molecule has 0 aliphatic heterocycles. The molecule has 2 aromatic heterocycles. The van der Waals surface area contributed by atoms with E-state index in [4.69, 9.17) is 28.2 Å². The second-order valence-electron chi connectivity index (χ2n) is 9.28. The number of nitrogen functional groups attached to an aromatic ring is 1. The molecule has 2 aromatic carbocycles. The average molecular weight is 685 g/mol. The molecule has 0 spiro atoms. The summed E-state index contributed by atoms with van der Waals surface area (Å²) in [5.74, 6) is -1.57. The second kappa shape index (κ2) is 17.5. The fourth-order valence-corrected chi connectivity index (χ4v) is 4.76. The Morgan fingerprint density at radius 3 is 1.71 bits per heavy atom. The Morgan fingerprint density at radius 1 is 0.756 bits per heavy atom. The first kappa shape index (κ1) is 37.2. The lowest BCUT2D eigenvalue weighted by atomic mass is 9.81. The molecule has 18 heteroatoms. The van der Waals surface area contributed by atoms with Crippen molar-refractivity contribution in [1.29, 1.82) is 0 Å². The minimum atomic E-state index is -0.559. The van der Waals surface area contributed by atoms with Crippen molar-refractivity contribution >= 4 is 77.1 Å². The van der Waals surface area contributed by atoms with Crippen molar-refractivity contribution in [3.8, 4) is 11.5 Å². The number of carbonyl (C=O) groups is 2. The number of rotatable bonds is 12. The van der Waals surface area contributed by atoms with E-state index < -0.39 is 11.6 Å². The zero-order chi connectivity index (χ0) is 30.9. The summed E-state index contributed by atoms with van der Waals surface area (Å²) < 4.78 is 0.439. The highest BCUT2D eigenvalue weighted by Gasteiger charge is 2.37. The molecule has 0 bridgehead atoms. The molecule has 5 rings (SSSR count). The highest BCUT2D eigenvalue weighted by molar-refractivity contribution is 7.71. The summed E-state index contributed by atoms with van der Waals surface area (Å²) >= 11 is 4.91. The van der Waals surface area contributed by atoms with Crippen molar-refractivity contribution in [2.75, 3.05) is 68.8 Å². The molecule has 0 fully saturated rings. The van der Waals surface area contributed by atoms with Crippen molar-refractivity contribution < 1.29 is 30.0 Å². The fourth-order valence-electron chi connectivity index (χ4n) is 4.51. The fraction of sp³-hybridized carbons (Fsp3) is 0.296. The van der Waals surface area contributed by atoms with Gasteiger partial charge in [0.05, 0.1) is 41.8 Å². The van der Waals surface area contributed by atoms with Gasteiger partial charge >= 0.3 is 0 Å². The molecule has 4 aromatic rings. The number of imidazole rings is 1. The summed E-state index contributed by atoms with van der Waals surface area (Å²) in [6.07, 6.45) is 1.54. The van der Waals surface area contributed by atoms with Crippen LogP contribution in [0.15, 0.2) is 30.6 Å². The first-order chi connectivity index (χ1) is 20.8. The van der Waals surface area contributed by atoms with Gasteiger partial charge in [0.2, 0.25) is 17.5 Å². The maximum atomic E-state index is 13.4. The zero-order valence-electron chi connectivity index (χ0n) is 23.8. The lowest BCUT2D eigenvalue weighted by Crippen LogP contribution is -2.28. The van der Waals surface area contributed by atoms with E-state index in [-0.39, 0.29) is 77.7 Å². The standard InChI is InChI=1S/C22H28N4O6.C5H5N5S.2ClH/c27-11-9-23-5-7-25-13-1-2-14(26-8-6-24-10-12-28)18-17(13)21(31)19-15(29)3-4-16(30)20(19)22(18)32;6-5-9-3-2(4(11)10-5)7-1-8-3;;/h1-4,23-30H,5-12H2;1H,(H4,6,7,8,9,10,11);2*1H. The van der Waals surface area contributed by atoms with Crippen LogP contribution >= 0.6 is 37.0 Å². The summed E-state index contributed by atoms with van der Waals surface area (Å²) in [6, 6.07) is 5.74. The summed E-state index contributed by atoms with van der Waals surface area (Å²) in [5.41, 5.74) is 7.43. The third-order valence-corrected chi connectivity index (χ3v) is 6.70. The van der Waals surface area contributed by atoms with Crippen LogP contribution in [-0.4, -0.2) is 104 Å². The number of benzene rings is 2. The Labute approximate surface area is 274 Å². The Bertz CT molecular complexity index is 1610. The predicted molar refractivity (Wildman–Crippen MR) is 178 cm³/mol. The number of halogens is 2. The number of nitrogens with zero attached hydrogens (tertiary/aromatic N) is 2. The van der Waals surface area contributed by atoms with Gasteiger partial charge in [-0.25, -0.2) is 9.97 Å². The van der Waals surface area contributed by atoms with E-state index in [0.717, 1.165) is 0 Å². The minimum absolute atomic E-state index is 0. The molecule has 1 aliphatic rings. The smallest absolute Gasteiger partial charge is 0.200 e. The number of carbonyl (C=O) groups excluding carboxylic acids is 2. The van der Waals surface area contributed by atoms with Crippen LogP contribution in [0.4, 0.5) is 17.3 Å². The van der Waals surface area contributed by atoms with Gasteiger partial charge in [-0.2, -0.15) is 0 Å².